The minimum atomic E-state index is -3.34. The molecule has 3 N–H and O–H groups in total. The number of nitrogens with zero attached hydrogens (tertiary/aromatic N) is 1. The summed E-state index contributed by atoms with van der Waals surface area (Å²) in [5.74, 6) is 0.100. The maximum atomic E-state index is 11.9. The Bertz CT molecular complexity index is 500. The Labute approximate surface area is 124 Å². The zero-order valence-electron chi connectivity index (χ0n) is 12.0. The van der Waals surface area contributed by atoms with Crippen LogP contribution in [-0.2, 0) is 14.6 Å². The summed E-state index contributed by atoms with van der Waals surface area (Å²) in [5, 5.41) is 3.61. The van der Waals surface area contributed by atoms with E-state index in [1.54, 1.807) is 6.92 Å². The van der Waals surface area contributed by atoms with Gasteiger partial charge in [0.15, 0.2) is 15.7 Å². The molecule has 6 nitrogen and oxygen atoms in total. The van der Waals surface area contributed by atoms with Gasteiger partial charge in [0, 0.05) is 19.8 Å². The average molecular weight is 321 g/mol. The highest BCUT2D eigenvalue weighted by molar-refractivity contribution is 7.91. The van der Waals surface area contributed by atoms with E-state index in [-0.39, 0.29) is 16.5 Å². The van der Waals surface area contributed by atoms with Crippen molar-refractivity contribution >= 4 is 32.2 Å². The number of unbranched alkanes of at least 4 members (excludes halogenated alkanes) is 1. The summed E-state index contributed by atoms with van der Waals surface area (Å²) in [5.41, 5.74) is 5.64. The first-order chi connectivity index (χ1) is 9.53. The van der Waals surface area contributed by atoms with Crippen molar-refractivity contribution in [3.63, 3.8) is 0 Å². The highest BCUT2D eigenvalue weighted by Crippen LogP contribution is 2.32. The lowest BCUT2D eigenvalue weighted by atomic mass is 10.4. The van der Waals surface area contributed by atoms with Gasteiger partial charge in [0.1, 0.15) is 9.90 Å². The number of nitrogens with two attached hydrogens (primary N) is 1. The van der Waals surface area contributed by atoms with Crippen molar-refractivity contribution in [2.75, 3.05) is 36.6 Å². The van der Waals surface area contributed by atoms with E-state index < -0.39 is 9.84 Å². The van der Waals surface area contributed by atoms with Crippen molar-refractivity contribution in [3.05, 3.63) is 0 Å². The predicted molar refractivity (Wildman–Crippen MR) is 83.1 cm³/mol. The molecule has 8 heteroatoms. The number of nitrogen functional groups attached to an aromatic ring is 1. The summed E-state index contributed by atoms with van der Waals surface area (Å²) in [6, 6.07) is 0. The van der Waals surface area contributed by atoms with Gasteiger partial charge in [-0.3, -0.25) is 0 Å². The number of hydrogen-bond donors (Lipinski definition) is 2. The number of rotatable bonds is 10. The molecule has 0 aromatic carbocycles. The third-order valence-electron chi connectivity index (χ3n) is 2.76. The number of ether oxygens (including phenoxy) is 1. The molecule has 0 saturated carbocycles. The highest BCUT2D eigenvalue weighted by atomic mass is 32.2. The number of nitrogens with one attached hydrogen (secondary N) is 1. The SMILES string of the molecule is CCCCOCCCNc1snc(N)c1S(=O)(=O)CC. The van der Waals surface area contributed by atoms with Crippen LogP contribution in [0.5, 0.6) is 0 Å². The van der Waals surface area contributed by atoms with Crippen LogP contribution in [0.15, 0.2) is 4.90 Å². The fraction of sp³-hybridized carbons (Fsp3) is 0.750. The van der Waals surface area contributed by atoms with Crippen molar-refractivity contribution in [2.24, 2.45) is 0 Å². The van der Waals surface area contributed by atoms with Crippen LogP contribution in [0.3, 0.4) is 0 Å². The Morgan fingerprint density at radius 3 is 2.65 bits per heavy atom. The monoisotopic (exact) mass is 321 g/mol. The number of aromatic nitrogens is 1. The zero-order chi connectivity index (χ0) is 15.0. The third-order valence-corrected chi connectivity index (χ3v) is 5.50. The quantitative estimate of drug-likeness (QED) is 0.641. The normalized spacial score (nSPS) is 11.7. The molecule has 0 amide bonds. The first-order valence-electron chi connectivity index (χ1n) is 6.82. The Morgan fingerprint density at radius 2 is 2.00 bits per heavy atom. The van der Waals surface area contributed by atoms with E-state index in [1.807, 2.05) is 0 Å². The second kappa shape index (κ2) is 8.43. The van der Waals surface area contributed by atoms with Gasteiger partial charge in [-0.2, -0.15) is 4.37 Å². The molecule has 0 saturated heterocycles. The molecular formula is C12H23N3O3S2. The molecule has 0 aliphatic rings. The molecule has 0 fully saturated rings. The van der Waals surface area contributed by atoms with E-state index in [0.29, 0.717) is 18.2 Å². The molecule has 0 aliphatic carbocycles. The van der Waals surface area contributed by atoms with Gasteiger partial charge in [0.25, 0.3) is 0 Å². The Balaban J connectivity index is 2.46. The van der Waals surface area contributed by atoms with E-state index in [9.17, 15) is 8.42 Å². The second-order valence-corrected chi connectivity index (χ2v) is 7.36. The summed E-state index contributed by atoms with van der Waals surface area (Å²) in [6.07, 6.45) is 3.00. The maximum Gasteiger partial charge on any atom is 0.184 e. The van der Waals surface area contributed by atoms with Crippen molar-refractivity contribution in [1.82, 2.24) is 4.37 Å². The third kappa shape index (κ3) is 4.92. The van der Waals surface area contributed by atoms with Crippen LogP contribution in [0.25, 0.3) is 0 Å². The van der Waals surface area contributed by atoms with Crippen molar-refractivity contribution < 1.29 is 13.2 Å². The molecule has 0 unspecified atom stereocenters. The van der Waals surface area contributed by atoms with Crippen LogP contribution in [-0.4, -0.2) is 38.3 Å². The molecule has 1 rings (SSSR count). The topological polar surface area (TPSA) is 94.3 Å². The Kier molecular flexibility index (Phi) is 7.25. The number of sulfone groups is 1. The Morgan fingerprint density at radius 1 is 1.30 bits per heavy atom. The van der Waals surface area contributed by atoms with E-state index in [4.69, 9.17) is 10.5 Å². The van der Waals surface area contributed by atoms with Crippen molar-refractivity contribution in [3.8, 4) is 0 Å². The average Bonchev–Trinajstić information content (AvgIpc) is 2.79. The number of hydrogen-bond acceptors (Lipinski definition) is 7. The summed E-state index contributed by atoms with van der Waals surface area (Å²) < 4.78 is 33.2. The molecule has 116 valence electrons. The fourth-order valence-corrected chi connectivity index (χ4v) is 3.77. The minimum absolute atomic E-state index is 0.0183. The van der Waals surface area contributed by atoms with Crippen LogP contribution >= 0.6 is 11.5 Å². The van der Waals surface area contributed by atoms with Crippen molar-refractivity contribution in [2.45, 2.75) is 38.0 Å². The van der Waals surface area contributed by atoms with Gasteiger partial charge in [-0.1, -0.05) is 20.3 Å². The Hall–Kier alpha value is -0.860. The summed E-state index contributed by atoms with van der Waals surface area (Å²) in [4.78, 5) is 0.136. The van der Waals surface area contributed by atoms with E-state index in [1.165, 1.54) is 0 Å². The fourth-order valence-electron chi connectivity index (χ4n) is 1.58. The lowest BCUT2D eigenvalue weighted by Gasteiger charge is -2.07. The molecule has 1 aromatic heterocycles. The first kappa shape index (κ1) is 17.2. The summed E-state index contributed by atoms with van der Waals surface area (Å²) in [7, 11) is -3.34. The van der Waals surface area contributed by atoms with E-state index in [2.05, 4.69) is 16.6 Å². The van der Waals surface area contributed by atoms with Gasteiger partial charge >= 0.3 is 0 Å². The number of anilines is 2. The predicted octanol–water partition coefficient (Wildman–Crippen LogP) is 2.14. The first-order valence-corrected chi connectivity index (χ1v) is 9.25. The molecule has 0 radical (unpaired) electrons. The molecule has 0 aliphatic heterocycles. The summed E-state index contributed by atoms with van der Waals surface area (Å²) >= 11 is 1.08. The van der Waals surface area contributed by atoms with Gasteiger partial charge in [-0.05, 0) is 24.4 Å². The van der Waals surface area contributed by atoms with Gasteiger partial charge in [-0.15, -0.1) is 0 Å². The van der Waals surface area contributed by atoms with Crippen molar-refractivity contribution in [1.29, 1.82) is 0 Å². The summed E-state index contributed by atoms with van der Waals surface area (Å²) in [6.45, 7) is 5.79. The molecule has 1 heterocycles. The molecule has 20 heavy (non-hydrogen) atoms. The lowest BCUT2D eigenvalue weighted by molar-refractivity contribution is 0.131. The van der Waals surface area contributed by atoms with E-state index >= 15 is 0 Å². The largest absolute Gasteiger partial charge is 0.382 e. The lowest BCUT2D eigenvalue weighted by Crippen LogP contribution is -2.11. The van der Waals surface area contributed by atoms with Crippen LogP contribution in [0.1, 0.15) is 33.1 Å². The smallest absolute Gasteiger partial charge is 0.184 e. The van der Waals surface area contributed by atoms with Crippen LogP contribution in [0, 0.1) is 0 Å². The van der Waals surface area contributed by atoms with E-state index in [0.717, 1.165) is 37.4 Å². The van der Waals surface area contributed by atoms with Gasteiger partial charge in [0.2, 0.25) is 0 Å². The van der Waals surface area contributed by atoms with Crippen LogP contribution in [0.4, 0.5) is 10.8 Å². The molecule has 0 atom stereocenters. The molecule has 1 aromatic rings. The minimum Gasteiger partial charge on any atom is -0.382 e. The zero-order valence-corrected chi connectivity index (χ0v) is 13.6. The molecular weight excluding hydrogens is 298 g/mol. The maximum absolute atomic E-state index is 11.9. The molecule has 0 spiro atoms. The van der Waals surface area contributed by atoms with Crippen LogP contribution in [0.2, 0.25) is 0 Å². The standard InChI is InChI=1S/C12H23N3O3S2/c1-3-5-8-18-9-6-7-14-12-10(11(13)15-19-12)20(16,17)4-2/h14H,3-9H2,1-2H3,(H2,13,15). The van der Waals surface area contributed by atoms with Crippen LogP contribution < -0.4 is 11.1 Å². The highest BCUT2D eigenvalue weighted by Gasteiger charge is 2.23. The molecule has 0 bridgehead atoms. The van der Waals surface area contributed by atoms with Gasteiger partial charge < -0.3 is 15.8 Å². The second-order valence-electron chi connectivity index (χ2n) is 4.38. The van der Waals surface area contributed by atoms with Gasteiger partial charge in [-0.25, -0.2) is 8.42 Å². The van der Waals surface area contributed by atoms with Gasteiger partial charge in [0.05, 0.1) is 5.75 Å².